The maximum atomic E-state index is 13.0. The molecule has 160 valence electrons. The highest BCUT2D eigenvalue weighted by atomic mass is 35.5. The summed E-state index contributed by atoms with van der Waals surface area (Å²) >= 11 is 6.14. The zero-order valence-corrected chi connectivity index (χ0v) is 17.5. The lowest BCUT2D eigenvalue weighted by Crippen LogP contribution is -2.51. The maximum Gasteiger partial charge on any atom is 0.252 e. The molecule has 2 heterocycles. The predicted octanol–water partition coefficient (Wildman–Crippen LogP) is 1.33. The topological polar surface area (TPSA) is 113 Å². The van der Waals surface area contributed by atoms with Crippen LogP contribution in [0.2, 0.25) is 5.02 Å². The Bertz CT molecular complexity index is 921. The monoisotopic (exact) mass is 432 g/mol. The van der Waals surface area contributed by atoms with Crippen molar-refractivity contribution in [3.05, 3.63) is 35.1 Å². The van der Waals surface area contributed by atoms with E-state index < -0.39 is 12.1 Å². The zero-order chi connectivity index (χ0) is 21.3. The Morgan fingerprint density at radius 1 is 1.40 bits per heavy atom. The van der Waals surface area contributed by atoms with E-state index in [-0.39, 0.29) is 24.3 Å². The quantitative estimate of drug-likeness (QED) is 0.650. The zero-order valence-electron chi connectivity index (χ0n) is 16.7. The number of benzene rings is 1. The summed E-state index contributed by atoms with van der Waals surface area (Å²) in [5.74, 6) is -0.0247. The molecule has 4 rings (SSSR count). The van der Waals surface area contributed by atoms with Crippen LogP contribution in [0.5, 0.6) is 0 Å². The molecule has 1 saturated heterocycles. The molecule has 9 nitrogen and oxygen atoms in total. The number of hydrogen-bond donors (Lipinski definition) is 2. The second kappa shape index (κ2) is 8.69. The first kappa shape index (κ1) is 20.7. The summed E-state index contributed by atoms with van der Waals surface area (Å²) in [4.78, 5) is 27.3. The second-order valence-corrected chi connectivity index (χ2v) is 8.43. The van der Waals surface area contributed by atoms with E-state index in [2.05, 4.69) is 20.8 Å². The van der Waals surface area contributed by atoms with Gasteiger partial charge in [0.2, 0.25) is 5.91 Å². The van der Waals surface area contributed by atoms with Crippen LogP contribution in [0, 0.1) is 11.8 Å². The van der Waals surface area contributed by atoms with E-state index >= 15 is 0 Å². The summed E-state index contributed by atoms with van der Waals surface area (Å²) in [5, 5.41) is 24.9. The van der Waals surface area contributed by atoms with E-state index in [1.165, 1.54) is 11.0 Å². The fourth-order valence-corrected chi connectivity index (χ4v) is 4.41. The van der Waals surface area contributed by atoms with Crippen LogP contribution in [0.1, 0.15) is 38.2 Å². The van der Waals surface area contributed by atoms with Crippen molar-refractivity contribution in [3.63, 3.8) is 0 Å². The number of nitrogens with zero attached hydrogens (tertiary/aromatic N) is 5. The first-order chi connectivity index (χ1) is 14.5. The molecule has 0 radical (unpaired) electrons. The molecule has 10 heteroatoms. The van der Waals surface area contributed by atoms with Crippen LogP contribution in [0.3, 0.4) is 0 Å². The highest BCUT2D eigenvalue weighted by molar-refractivity contribution is 6.30. The summed E-state index contributed by atoms with van der Waals surface area (Å²) in [6, 6.07) is 4.74. The van der Waals surface area contributed by atoms with Gasteiger partial charge in [0.25, 0.3) is 5.91 Å². The van der Waals surface area contributed by atoms with Crippen LogP contribution in [-0.4, -0.2) is 60.7 Å². The van der Waals surface area contributed by atoms with Gasteiger partial charge in [-0.2, -0.15) is 0 Å². The Balaban J connectivity index is 1.45. The number of rotatable bonds is 8. The molecule has 4 atom stereocenters. The van der Waals surface area contributed by atoms with E-state index in [1.807, 2.05) is 6.92 Å². The van der Waals surface area contributed by atoms with Crippen molar-refractivity contribution in [2.45, 2.75) is 51.3 Å². The predicted molar refractivity (Wildman–Crippen MR) is 109 cm³/mol. The fraction of sp³-hybridized carbons (Fsp3) is 0.550. The molecule has 1 aromatic carbocycles. The standard InChI is InChI=1S/C20H25ClN6O3/c1-2-3-4-17(28)20(30)26-10-13-8-15(13)18(26)19(29)22-9-12-7-14(21)5-6-16(12)27-11-23-24-25-27/h5-7,11,13,15,17-18,28H,2-4,8-10H2,1H3,(H,22,29)/t13-,15-,17-,18+/m1/s1. The molecule has 2 amide bonds. The van der Waals surface area contributed by atoms with Crippen LogP contribution in [0.15, 0.2) is 24.5 Å². The largest absolute Gasteiger partial charge is 0.383 e. The average molecular weight is 433 g/mol. The van der Waals surface area contributed by atoms with Crippen LogP contribution in [0.25, 0.3) is 5.69 Å². The molecule has 2 N–H and O–H groups in total. The van der Waals surface area contributed by atoms with Gasteiger partial charge in [0.15, 0.2) is 0 Å². The molecule has 1 aliphatic heterocycles. The minimum atomic E-state index is -1.04. The Kier molecular flexibility index (Phi) is 6.01. The number of halogens is 1. The smallest absolute Gasteiger partial charge is 0.252 e. The summed E-state index contributed by atoms with van der Waals surface area (Å²) in [6.45, 7) is 2.78. The molecular formula is C20H25ClN6O3. The molecule has 2 aliphatic rings. The van der Waals surface area contributed by atoms with Gasteiger partial charge in [-0.1, -0.05) is 31.4 Å². The minimum absolute atomic E-state index is 0.172. The van der Waals surface area contributed by atoms with Crippen molar-refractivity contribution in [1.82, 2.24) is 30.4 Å². The Morgan fingerprint density at radius 3 is 2.97 bits per heavy atom. The summed E-state index contributed by atoms with van der Waals surface area (Å²) in [6.07, 6.45) is 3.48. The van der Waals surface area contributed by atoms with Gasteiger partial charge < -0.3 is 15.3 Å². The molecule has 2 fully saturated rings. The summed E-state index contributed by atoms with van der Waals surface area (Å²) < 4.78 is 1.50. The summed E-state index contributed by atoms with van der Waals surface area (Å²) in [5.41, 5.74) is 1.47. The first-order valence-electron chi connectivity index (χ1n) is 10.3. The average Bonchev–Trinajstić information content (AvgIpc) is 3.15. The SMILES string of the molecule is CCCC[C@@H](O)C(=O)N1C[C@H]2C[C@H]2[C@H]1C(=O)NCc1cc(Cl)ccc1-n1cnnn1. The van der Waals surface area contributed by atoms with E-state index in [9.17, 15) is 14.7 Å². The lowest BCUT2D eigenvalue weighted by atomic mass is 10.1. The number of aromatic nitrogens is 4. The third-order valence-electron chi connectivity index (χ3n) is 5.91. The number of fused-ring (bicyclic) bond motifs is 1. The molecule has 1 aromatic heterocycles. The Hall–Kier alpha value is -2.52. The van der Waals surface area contributed by atoms with Gasteiger partial charge in [-0.3, -0.25) is 9.59 Å². The third kappa shape index (κ3) is 4.17. The van der Waals surface area contributed by atoms with Gasteiger partial charge >= 0.3 is 0 Å². The van der Waals surface area contributed by atoms with E-state index in [1.54, 1.807) is 23.1 Å². The Morgan fingerprint density at radius 2 is 2.23 bits per heavy atom. The lowest BCUT2D eigenvalue weighted by Gasteiger charge is -2.28. The van der Waals surface area contributed by atoms with Crippen LogP contribution in [-0.2, 0) is 16.1 Å². The van der Waals surface area contributed by atoms with Crippen molar-refractivity contribution in [2.75, 3.05) is 6.54 Å². The normalized spacial score (nSPS) is 23.2. The third-order valence-corrected chi connectivity index (χ3v) is 6.14. The number of likely N-dealkylation sites (tertiary alicyclic amines) is 1. The van der Waals surface area contributed by atoms with E-state index in [0.717, 1.165) is 24.8 Å². The number of unbranched alkanes of at least 4 members (excludes halogenated alkanes) is 1. The molecular weight excluding hydrogens is 408 g/mol. The molecule has 0 bridgehead atoms. The van der Waals surface area contributed by atoms with Gasteiger partial charge in [0, 0.05) is 18.1 Å². The fourth-order valence-electron chi connectivity index (χ4n) is 4.22. The van der Waals surface area contributed by atoms with Gasteiger partial charge in [-0.25, -0.2) is 4.68 Å². The molecule has 0 unspecified atom stereocenters. The number of aliphatic hydroxyl groups is 1. The second-order valence-electron chi connectivity index (χ2n) is 8.00. The number of carbonyl (C=O) groups is 2. The van der Waals surface area contributed by atoms with Crippen LogP contribution in [0.4, 0.5) is 0 Å². The van der Waals surface area contributed by atoms with E-state index in [4.69, 9.17) is 11.6 Å². The van der Waals surface area contributed by atoms with Crippen molar-refractivity contribution in [1.29, 1.82) is 0 Å². The van der Waals surface area contributed by atoms with Crippen molar-refractivity contribution in [2.24, 2.45) is 11.8 Å². The summed E-state index contributed by atoms with van der Waals surface area (Å²) in [7, 11) is 0. The number of amides is 2. The van der Waals surface area contributed by atoms with Crippen LogP contribution < -0.4 is 5.32 Å². The lowest BCUT2D eigenvalue weighted by molar-refractivity contribution is -0.146. The highest BCUT2D eigenvalue weighted by Crippen LogP contribution is 2.49. The van der Waals surface area contributed by atoms with Crippen molar-refractivity contribution < 1.29 is 14.7 Å². The molecule has 1 saturated carbocycles. The Labute approximate surface area is 179 Å². The van der Waals surface area contributed by atoms with Crippen molar-refractivity contribution >= 4 is 23.4 Å². The first-order valence-corrected chi connectivity index (χ1v) is 10.7. The van der Waals surface area contributed by atoms with Crippen LogP contribution >= 0.6 is 11.6 Å². The number of piperidine rings is 1. The number of hydrogen-bond acceptors (Lipinski definition) is 6. The minimum Gasteiger partial charge on any atom is -0.383 e. The number of tetrazole rings is 1. The number of carbonyl (C=O) groups excluding carboxylic acids is 2. The molecule has 1 aliphatic carbocycles. The van der Waals surface area contributed by atoms with E-state index in [0.29, 0.717) is 29.6 Å². The van der Waals surface area contributed by atoms with Gasteiger partial charge in [0.1, 0.15) is 18.5 Å². The van der Waals surface area contributed by atoms with Crippen molar-refractivity contribution in [3.8, 4) is 5.69 Å². The number of nitrogens with one attached hydrogen (secondary N) is 1. The maximum absolute atomic E-state index is 13.0. The highest BCUT2D eigenvalue weighted by Gasteiger charge is 2.57. The van der Waals surface area contributed by atoms with Gasteiger partial charge in [-0.15, -0.1) is 5.10 Å². The van der Waals surface area contributed by atoms with Gasteiger partial charge in [0.05, 0.1) is 5.69 Å². The molecule has 0 spiro atoms. The van der Waals surface area contributed by atoms with Gasteiger partial charge in [-0.05, 0) is 58.9 Å². The molecule has 2 aromatic rings. The number of aliphatic hydroxyl groups excluding tert-OH is 1. The molecule has 30 heavy (non-hydrogen) atoms.